The molecule has 0 atom stereocenters. The SMILES string of the molecule is C1C[NH2+]CCN1.[Br-].[Br-].[Rb+]. The number of hydrogen-bond donors (Lipinski definition) is 2. The smallest absolute Gasteiger partial charge is 1.00 e. The molecule has 0 aromatic heterocycles. The van der Waals surface area contributed by atoms with Crippen molar-refractivity contribution in [1.29, 1.82) is 0 Å². The van der Waals surface area contributed by atoms with Gasteiger partial charge in [-0.1, -0.05) is 0 Å². The Morgan fingerprint density at radius 1 is 1.00 bits per heavy atom. The van der Waals surface area contributed by atoms with Gasteiger partial charge in [0.25, 0.3) is 0 Å². The number of nitrogens with one attached hydrogen (secondary N) is 1. The molecule has 0 bridgehead atoms. The van der Waals surface area contributed by atoms with E-state index in [0.29, 0.717) is 0 Å². The quantitative estimate of drug-likeness (QED) is 0.453. The van der Waals surface area contributed by atoms with Crippen molar-refractivity contribution in [2.75, 3.05) is 26.2 Å². The average Bonchev–Trinajstić information content (AvgIpc) is 1.72. The Balaban J connectivity index is -0.000000120. The third kappa shape index (κ3) is 10.7. The van der Waals surface area contributed by atoms with E-state index < -0.39 is 0 Å². The Hall–Kier alpha value is 2.69. The van der Waals surface area contributed by atoms with Crippen molar-refractivity contribution >= 4 is 0 Å². The molecule has 0 amide bonds. The largest absolute Gasteiger partial charge is 1.00 e. The van der Waals surface area contributed by atoms with Crippen LogP contribution >= 0.6 is 0 Å². The molecule has 0 spiro atoms. The molecule has 1 fully saturated rings. The van der Waals surface area contributed by atoms with Crippen molar-refractivity contribution in [1.82, 2.24) is 5.32 Å². The first-order valence-corrected chi connectivity index (χ1v) is 2.52. The van der Waals surface area contributed by atoms with Crippen LogP contribution in [-0.2, 0) is 0 Å². The first-order valence-electron chi connectivity index (χ1n) is 2.52. The summed E-state index contributed by atoms with van der Waals surface area (Å²) in [4.78, 5) is 0. The van der Waals surface area contributed by atoms with Crippen molar-refractivity contribution in [3.8, 4) is 0 Å². The number of halogens is 2. The van der Waals surface area contributed by atoms with Crippen LogP contribution in [0.3, 0.4) is 0 Å². The van der Waals surface area contributed by atoms with Gasteiger partial charge in [-0.05, 0) is 0 Å². The van der Waals surface area contributed by atoms with E-state index in [1.54, 1.807) is 0 Å². The zero-order valence-corrected chi connectivity index (χ0v) is 13.7. The van der Waals surface area contributed by atoms with Gasteiger partial charge in [0.05, 0.1) is 13.1 Å². The van der Waals surface area contributed by atoms with E-state index in [1.807, 2.05) is 0 Å². The fourth-order valence-electron chi connectivity index (χ4n) is 0.678. The summed E-state index contributed by atoms with van der Waals surface area (Å²) in [7, 11) is 0. The minimum atomic E-state index is 0. The molecular weight excluding hydrogens is 321 g/mol. The number of piperazine rings is 1. The third-order valence-electron chi connectivity index (χ3n) is 1.05. The van der Waals surface area contributed by atoms with E-state index in [0.717, 1.165) is 0 Å². The summed E-state index contributed by atoms with van der Waals surface area (Å²) >= 11 is 0. The molecule has 0 aromatic rings. The summed E-state index contributed by atoms with van der Waals surface area (Å²) in [6.45, 7) is 4.92. The van der Waals surface area contributed by atoms with Gasteiger partial charge < -0.3 is 44.6 Å². The van der Waals surface area contributed by atoms with Crippen molar-refractivity contribution < 1.29 is 97.5 Å². The average molecular weight is 332 g/mol. The van der Waals surface area contributed by atoms with Gasteiger partial charge in [0, 0.05) is 13.1 Å². The van der Waals surface area contributed by atoms with Crippen molar-refractivity contribution in [3.63, 3.8) is 0 Å². The molecule has 0 radical (unpaired) electrons. The first-order chi connectivity index (χ1) is 3.00. The number of rotatable bonds is 0. The van der Waals surface area contributed by atoms with Crippen LogP contribution in [0.15, 0.2) is 0 Å². The molecule has 0 aliphatic carbocycles. The van der Waals surface area contributed by atoms with Crippen molar-refractivity contribution in [2.24, 2.45) is 0 Å². The maximum atomic E-state index is 3.25. The summed E-state index contributed by atoms with van der Waals surface area (Å²) in [6, 6.07) is 0. The molecule has 5 heteroatoms. The van der Waals surface area contributed by atoms with Gasteiger partial charge in [0.15, 0.2) is 0 Å². The van der Waals surface area contributed by atoms with E-state index >= 15 is 0 Å². The van der Waals surface area contributed by atoms with Crippen molar-refractivity contribution in [3.05, 3.63) is 0 Å². The Bertz CT molecular complexity index is 32.0. The molecule has 9 heavy (non-hydrogen) atoms. The van der Waals surface area contributed by atoms with Crippen molar-refractivity contribution in [2.45, 2.75) is 0 Å². The van der Waals surface area contributed by atoms with Crippen LogP contribution in [0.2, 0.25) is 0 Å². The van der Waals surface area contributed by atoms with E-state index in [9.17, 15) is 0 Å². The monoisotopic (exact) mass is 330 g/mol. The number of nitrogens with two attached hydrogens (primary N) is 1. The van der Waals surface area contributed by atoms with E-state index in [2.05, 4.69) is 10.6 Å². The van der Waals surface area contributed by atoms with Crippen LogP contribution in [0.25, 0.3) is 0 Å². The molecular formula is C4H11Br2N2Rb. The molecule has 2 nitrogen and oxygen atoms in total. The maximum Gasteiger partial charge on any atom is 1.00 e. The van der Waals surface area contributed by atoms with Gasteiger partial charge in [0.1, 0.15) is 0 Å². The summed E-state index contributed by atoms with van der Waals surface area (Å²) in [5, 5.41) is 5.58. The Kier molecular flexibility index (Phi) is 26.1. The van der Waals surface area contributed by atoms with Crippen LogP contribution in [0.4, 0.5) is 0 Å². The second kappa shape index (κ2) is 13.3. The number of hydrogen-bond acceptors (Lipinski definition) is 1. The summed E-state index contributed by atoms with van der Waals surface area (Å²) < 4.78 is 0. The predicted octanol–water partition coefficient (Wildman–Crippen LogP) is -10.8. The first kappa shape index (κ1) is 17.7. The van der Waals surface area contributed by atoms with Crippen LogP contribution < -0.4 is 103 Å². The Labute approximate surface area is 126 Å². The molecule has 1 saturated heterocycles. The molecule has 1 heterocycles. The second-order valence-corrected chi connectivity index (χ2v) is 1.62. The van der Waals surface area contributed by atoms with E-state index in [1.165, 1.54) is 26.2 Å². The summed E-state index contributed by atoms with van der Waals surface area (Å²) in [5.41, 5.74) is 0. The molecule has 3 N–H and O–H groups in total. The van der Waals surface area contributed by atoms with Gasteiger partial charge in [-0.2, -0.15) is 0 Å². The van der Waals surface area contributed by atoms with Crippen LogP contribution in [0, 0.1) is 0 Å². The minimum absolute atomic E-state index is 0. The summed E-state index contributed by atoms with van der Waals surface area (Å²) in [6.07, 6.45) is 0. The second-order valence-electron chi connectivity index (χ2n) is 1.62. The zero-order valence-electron chi connectivity index (χ0n) is 5.66. The molecule has 52 valence electrons. The fraction of sp³-hybridized carbons (Fsp3) is 1.00. The predicted molar refractivity (Wildman–Crippen MR) is 24.5 cm³/mol. The van der Waals surface area contributed by atoms with Gasteiger partial charge in [0.2, 0.25) is 0 Å². The van der Waals surface area contributed by atoms with Crippen LogP contribution in [0.1, 0.15) is 0 Å². The standard InChI is InChI=1S/C4H10N2.2BrH.Rb/c1-2-6-4-3-5-1;;;/h5-6H,1-4H2;2*1H;/q;;;+1/p-1. The van der Waals surface area contributed by atoms with Gasteiger partial charge in [-0.25, -0.2) is 0 Å². The van der Waals surface area contributed by atoms with Gasteiger partial charge in [-0.3, -0.25) is 0 Å². The molecule has 0 saturated carbocycles. The zero-order chi connectivity index (χ0) is 4.24. The fourth-order valence-corrected chi connectivity index (χ4v) is 0.678. The molecule has 0 aromatic carbocycles. The molecule has 1 rings (SSSR count). The van der Waals surface area contributed by atoms with Crippen LogP contribution in [0.5, 0.6) is 0 Å². The third-order valence-corrected chi connectivity index (χ3v) is 1.05. The van der Waals surface area contributed by atoms with Crippen LogP contribution in [-0.4, -0.2) is 26.2 Å². The molecule has 1 aliphatic heterocycles. The molecule has 0 unspecified atom stereocenters. The van der Waals surface area contributed by atoms with Gasteiger partial charge in [-0.15, -0.1) is 0 Å². The van der Waals surface area contributed by atoms with Gasteiger partial charge >= 0.3 is 58.2 Å². The summed E-state index contributed by atoms with van der Waals surface area (Å²) in [5.74, 6) is 0. The normalized spacial score (nSPS) is 16.0. The van der Waals surface area contributed by atoms with E-state index in [4.69, 9.17) is 0 Å². The number of quaternary nitrogens is 1. The maximum absolute atomic E-state index is 3.25. The van der Waals surface area contributed by atoms with E-state index in [-0.39, 0.29) is 92.2 Å². The Morgan fingerprint density at radius 2 is 1.44 bits per heavy atom. The Morgan fingerprint density at radius 3 is 1.56 bits per heavy atom. The topological polar surface area (TPSA) is 28.6 Å². The molecule has 1 aliphatic rings. The minimum Gasteiger partial charge on any atom is -1.00 e.